The summed E-state index contributed by atoms with van der Waals surface area (Å²) in [4.78, 5) is 8.92. The molecule has 120 valence electrons. The van der Waals surface area contributed by atoms with E-state index in [4.69, 9.17) is 0 Å². The third-order valence-corrected chi connectivity index (χ3v) is 5.13. The molecule has 0 bridgehead atoms. The van der Waals surface area contributed by atoms with Gasteiger partial charge in [-0.25, -0.2) is 0 Å². The molecule has 3 aromatic rings. The van der Waals surface area contributed by atoms with Gasteiger partial charge in [-0.1, -0.05) is 24.3 Å². The van der Waals surface area contributed by atoms with Crippen LogP contribution in [-0.4, -0.2) is 20.2 Å². The molecular weight excluding hydrogens is 436 g/mol. The number of hydrogen-bond donors (Lipinski definition) is 2. The molecular formula is C18H12Br2N2O2. The first-order valence-electron chi connectivity index (χ1n) is 7.29. The summed E-state index contributed by atoms with van der Waals surface area (Å²) in [5, 5.41) is 20.9. The largest absolute Gasteiger partial charge is 0.392 e. The van der Waals surface area contributed by atoms with Gasteiger partial charge in [-0.15, -0.1) is 0 Å². The normalized spacial score (nSPS) is 14.3. The molecule has 0 radical (unpaired) electrons. The van der Waals surface area contributed by atoms with E-state index in [1.54, 1.807) is 12.4 Å². The minimum atomic E-state index is -1.34. The van der Waals surface area contributed by atoms with Gasteiger partial charge in [-0.3, -0.25) is 9.97 Å². The molecule has 6 heteroatoms. The SMILES string of the molecule is OCc1ccc(C2(O)c3cc(Br)cnc3-c3ncc(Br)cc32)cc1. The van der Waals surface area contributed by atoms with Gasteiger partial charge in [0.25, 0.3) is 0 Å². The zero-order valence-corrected chi connectivity index (χ0v) is 15.5. The Morgan fingerprint density at radius 2 is 1.38 bits per heavy atom. The highest BCUT2D eigenvalue weighted by atomic mass is 79.9. The molecule has 0 saturated carbocycles. The summed E-state index contributed by atoms with van der Waals surface area (Å²) in [7, 11) is 0. The Morgan fingerprint density at radius 1 is 0.875 bits per heavy atom. The maximum absolute atomic E-state index is 11.7. The molecule has 24 heavy (non-hydrogen) atoms. The average molecular weight is 448 g/mol. The Balaban J connectivity index is 2.03. The van der Waals surface area contributed by atoms with E-state index in [1.807, 2.05) is 36.4 Å². The Morgan fingerprint density at radius 3 is 1.83 bits per heavy atom. The highest BCUT2D eigenvalue weighted by molar-refractivity contribution is 9.10. The number of aliphatic hydroxyl groups excluding tert-OH is 1. The van der Waals surface area contributed by atoms with Crippen LogP contribution < -0.4 is 0 Å². The molecule has 1 aromatic carbocycles. The van der Waals surface area contributed by atoms with E-state index >= 15 is 0 Å². The second kappa shape index (κ2) is 5.74. The molecule has 0 atom stereocenters. The summed E-state index contributed by atoms with van der Waals surface area (Å²) in [5.41, 5.74) is 2.89. The van der Waals surface area contributed by atoms with E-state index in [0.29, 0.717) is 28.1 Å². The number of halogens is 2. The maximum atomic E-state index is 11.7. The first-order chi connectivity index (χ1) is 11.5. The van der Waals surface area contributed by atoms with Crippen LogP contribution in [0.4, 0.5) is 0 Å². The summed E-state index contributed by atoms with van der Waals surface area (Å²) in [6.07, 6.45) is 3.40. The number of nitrogens with zero attached hydrogens (tertiary/aromatic N) is 2. The fourth-order valence-electron chi connectivity index (χ4n) is 3.11. The number of benzene rings is 1. The fraction of sp³-hybridized carbons (Fsp3) is 0.111. The summed E-state index contributed by atoms with van der Waals surface area (Å²) in [6, 6.07) is 11.0. The van der Waals surface area contributed by atoms with Crippen molar-refractivity contribution in [3.05, 3.63) is 80.0 Å². The van der Waals surface area contributed by atoms with E-state index in [0.717, 1.165) is 14.5 Å². The van der Waals surface area contributed by atoms with Crippen molar-refractivity contribution in [2.24, 2.45) is 0 Å². The lowest BCUT2D eigenvalue weighted by Crippen LogP contribution is -2.26. The molecule has 2 aromatic heterocycles. The van der Waals surface area contributed by atoms with E-state index in [9.17, 15) is 10.2 Å². The molecule has 0 fully saturated rings. The monoisotopic (exact) mass is 446 g/mol. The van der Waals surface area contributed by atoms with Crippen LogP contribution in [0, 0.1) is 0 Å². The molecule has 2 heterocycles. The van der Waals surface area contributed by atoms with Crippen LogP contribution in [0.15, 0.2) is 57.7 Å². The van der Waals surface area contributed by atoms with Crippen LogP contribution in [0.5, 0.6) is 0 Å². The van der Waals surface area contributed by atoms with Gasteiger partial charge in [0, 0.05) is 32.5 Å². The summed E-state index contributed by atoms with van der Waals surface area (Å²) in [6.45, 7) is -0.0356. The fourth-order valence-corrected chi connectivity index (χ4v) is 3.78. The minimum absolute atomic E-state index is 0.0356. The lowest BCUT2D eigenvalue weighted by atomic mass is 9.85. The average Bonchev–Trinajstić information content (AvgIpc) is 2.84. The lowest BCUT2D eigenvalue weighted by molar-refractivity contribution is 0.130. The molecule has 2 N–H and O–H groups in total. The van der Waals surface area contributed by atoms with E-state index in [2.05, 4.69) is 41.8 Å². The van der Waals surface area contributed by atoms with Crippen LogP contribution in [0.1, 0.15) is 22.3 Å². The topological polar surface area (TPSA) is 66.2 Å². The van der Waals surface area contributed by atoms with Crippen molar-refractivity contribution in [1.82, 2.24) is 9.97 Å². The molecule has 4 rings (SSSR count). The van der Waals surface area contributed by atoms with E-state index < -0.39 is 5.60 Å². The van der Waals surface area contributed by atoms with Crippen LogP contribution in [0.3, 0.4) is 0 Å². The first-order valence-corrected chi connectivity index (χ1v) is 8.87. The van der Waals surface area contributed by atoms with Crippen molar-refractivity contribution in [3.8, 4) is 11.4 Å². The maximum Gasteiger partial charge on any atom is 0.144 e. The molecule has 0 unspecified atom stereocenters. The standard InChI is InChI=1S/C18H12Br2N2O2/c19-12-5-14-16(21-7-12)17-15(6-13(20)8-22-17)18(14,24)11-3-1-10(9-23)2-4-11/h1-8,23-24H,9H2. The summed E-state index contributed by atoms with van der Waals surface area (Å²) >= 11 is 6.87. The Bertz CT molecular complexity index is 891. The molecule has 0 amide bonds. The molecule has 0 aliphatic heterocycles. The number of aromatic nitrogens is 2. The smallest absolute Gasteiger partial charge is 0.144 e. The number of aliphatic hydroxyl groups is 2. The summed E-state index contributed by atoms with van der Waals surface area (Å²) in [5.74, 6) is 0. The predicted molar refractivity (Wildman–Crippen MR) is 97.3 cm³/mol. The molecule has 1 aliphatic carbocycles. The minimum Gasteiger partial charge on any atom is -0.392 e. The predicted octanol–water partition coefficient (Wildman–Crippen LogP) is 3.76. The Kier molecular flexibility index (Phi) is 3.80. The van der Waals surface area contributed by atoms with Crippen molar-refractivity contribution < 1.29 is 10.2 Å². The van der Waals surface area contributed by atoms with Crippen molar-refractivity contribution in [2.75, 3.05) is 0 Å². The third-order valence-electron chi connectivity index (χ3n) is 4.27. The number of fused-ring (bicyclic) bond motifs is 3. The summed E-state index contributed by atoms with van der Waals surface area (Å²) < 4.78 is 1.58. The van der Waals surface area contributed by atoms with Gasteiger partial charge >= 0.3 is 0 Å². The van der Waals surface area contributed by atoms with Crippen molar-refractivity contribution in [1.29, 1.82) is 0 Å². The van der Waals surface area contributed by atoms with Crippen LogP contribution in [0.2, 0.25) is 0 Å². The van der Waals surface area contributed by atoms with Gasteiger partial charge in [0.1, 0.15) is 5.60 Å². The van der Waals surface area contributed by atoms with Crippen molar-refractivity contribution in [2.45, 2.75) is 12.2 Å². The van der Waals surface area contributed by atoms with Crippen LogP contribution >= 0.6 is 31.9 Å². The van der Waals surface area contributed by atoms with Crippen LogP contribution in [-0.2, 0) is 12.2 Å². The van der Waals surface area contributed by atoms with Crippen LogP contribution in [0.25, 0.3) is 11.4 Å². The van der Waals surface area contributed by atoms with Gasteiger partial charge in [0.2, 0.25) is 0 Å². The lowest BCUT2D eigenvalue weighted by Gasteiger charge is -2.26. The van der Waals surface area contributed by atoms with Gasteiger partial charge in [0.05, 0.1) is 18.0 Å². The Hall–Kier alpha value is -1.60. The number of pyridine rings is 2. The van der Waals surface area contributed by atoms with Gasteiger partial charge < -0.3 is 10.2 Å². The number of rotatable bonds is 2. The second-order valence-corrected chi connectivity index (χ2v) is 7.50. The number of hydrogen-bond acceptors (Lipinski definition) is 4. The van der Waals surface area contributed by atoms with E-state index in [-0.39, 0.29) is 6.61 Å². The molecule has 1 aliphatic rings. The first kappa shape index (κ1) is 15.9. The molecule has 0 saturated heterocycles. The zero-order valence-electron chi connectivity index (χ0n) is 12.4. The Labute approximate surface area is 155 Å². The molecule has 4 nitrogen and oxygen atoms in total. The second-order valence-electron chi connectivity index (χ2n) is 5.66. The molecule has 0 spiro atoms. The third kappa shape index (κ3) is 2.25. The highest BCUT2D eigenvalue weighted by Crippen LogP contribution is 2.50. The van der Waals surface area contributed by atoms with Gasteiger partial charge in [-0.2, -0.15) is 0 Å². The van der Waals surface area contributed by atoms with Gasteiger partial charge in [0.15, 0.2) is 0 Å². The quantitative estimate of drug-likeness (QED) is 0.627. The van der Waals surface area contributed by atoms with Crippen molar-refractivity contribution in [3.63, 3.8) is 0 Å². The highest BCUT2D eigenvalue weighted by Gasteiger charge is 2.45. The van der Waals surface area contributed by atoms with Gasteiger partial charge in [-0.05, 0) is 55.1 Å². The van der Waals surface area contributed by atoms with Crippen molar-refractivity contribution >= 4 is 31.9 Å². The zero-order chi connectivity index (χ0) is 16.9. The van der Waals surface area contributed by atoms with E-state index in [1.165, 1.54) is 0 Å².